The van der Waals surface area contributed by atoms with E-state index in [9.17, 15) is 10.1 Å². The molecule has 2 aromatic carbocycles. The molecule has 0 unspecified atom stereocenters. The maximum atomic E-state index is 11.8. The molecule has 4 rings (SSSR count). The molecule has 0 amide bonds. The number of hydrogen-bond acceptors (Lipinski definition) is 5. The molecule has 6 nitrogen and oxygen atoms in total. The van der Waals surface area contributed by atoms with Gasteiger partial charge in [0.2, 0.25) is 0 Å². The Hall–Kier alpha value is -2.99. The molecule has 1 aromatic heterocycles. The summed E-state index contributed by atoms with van der Waals surface area (Å²) in [6, 6.07) is 15.8. The van der Waals surface area contributed by atoms with Gasteiger partial charge in [-0.2, -0.15) is 0 Å². The summed E-state index contributed by atoms with van der Waals surface area (Å²) in [6.45, 7) is 6.34. The number of nitro benzene ring substituents is 1. The molecule has 1 aliphatic rings. The summed E-state index contributed by atoms with van der Waals surface area (Å²) >= 11 is 0. The maximum absolute atomic E-state index is 11.8. The van der Waals surface area contributed by atoms with Crippen LogP contribution in [0.3, 0.4) is 0 Å². The van der Waals surface area contributed by atoms with Gasteiger partial charge in [-0.1, -0.05) is 29.8 Å². The fourth-order valence-electron chi connectivity index (χ4n) is 3.79. The van der Waals surface area contributed by atoms with Gasteiger partial charge in [0.25, 0.3) is 0 Å². The number of aromatic nitrogens is 1. The Morgan fingerprint density at radius 3 is 2.63 bits per heavy atom. The van der Waals surface area contributed by atoms with E-state index >= 15 is 0 Å². The third kappa shape index (κ3) is 3.61. The summed E-state index contributed by atoms with van der Waals surface area (Å²) in [5.74, 6) is 0. The largest absolute Gasteiger partial charge is 0.363 e. The van der Waals surface area contributed by atoms with E-state index in [4.69, 9.17) is 0 Å². The lowest BCUT2D eigenvalue weighted by Gasteiger charge is -2.36. The molecule has 0 N–H and O–H groups in total. The van der Waals surface area contributed by atoms with Crippen molar-refractivity contribution < 1.29 is 4.92 Å². The molecule has 27 heavy (non-hydrogen) atoms. The van der Waals surface area contributed by atoms with Crippen LogP contribution in [0, 0.1) is 17.0 Å². The average molecular weight is 362 g/mol. The Morgan fingerprint density at radius 1 is 1.07 bits per heavy atom. The summed E-state index contributed by atoms with van der Waals surface area (Å²) in [5.41, 5.74) is 4.09. The lowest BCUT2D eigenvalue weighted by atomic mass is 10.1. The SMILES string of the molecule is Cc1cccc(CN2CCN(c3ccc4ncccc4c3[N+](=O)[O-])CC2)c1. The monoisotopic (exact) mass is 362 g/mol. The lowest BCUT2D eigenvalue weighted by molar-refractivity contribution is -0.382. The number of piperazine rings is 1. The molecule has 1 saturated heterocycles. The zero-order valence-electron chi connectivity index (χ0n) is 15.3. The normalized spacial score (nSPS) is 15.2. The summed E-state index contributed by atoms with van der Waals surface area (Å²) in [6.07, 6.45) is 1.66. The number of hydrogen-bond donors (Lipinski definition) is 0. The quantitative estimate of drug-likeness (QED) is 0.522. The maximum Gasteiger partial charge on any atom is 0.301 e. The van der Waals surface area contributed by atoms with Gasteiger partial charge in [-0.25, -0.2) is 0 Å². The summed E-state index contributed by atoms with van der Waals surface area (Å²) in [4.78, 5) is 20.2. The van der Waals surface area contributed by atoms with Crippen molar-refractivity contribution in [1.82, 2.24) is 9.88 Å². The molecule has 0 spiro atoms. The lowest BCUT2D eigenvalue weighted by Crippen LogP contribution is -2.46. The van der Waals surface area contributed by atoms with Crippen LogP contribution in [0.1, 0.15) is 11.1 Å². The molecule has 1 fully saturated rings. The third-order valence-corrected chi connectivity index (χ3v) is 5.12. The van der Waals surface area contributed by atoms with Gasteiger partial charge in [-0.3, -0.25) is 20.0 Å². The minimum absolute atomic E-state index is 0.160. The summed E-state index contributed by atoms with van der Waals surface area (Å²) in [5, 5.41) is 12.4. The molecule has 0 bridgehead atoms. The van der Waals surface area contributed by atoms with Crippen molar-refractivity contribution in [2.75, 3.05) is 31.1 Å². The number of rotatable bonds is 4. The van der Waals surface area contributed by atoms with Gasteiger partial charge in [0, 0.05) is 38.9 Å². The van der Waals surface area contributed by atoms with E-state index in [0.717, 1.165) is 32.7 Å². The van der Waals surface area contributed by atoms with Crippen LogP contribution >= 0.6 is 0 Å². The first-order chi connectivity index (χ1) is 13.1. The molecule has 0 saturated carbocycles. The zero-order chi connectivity index (χ0) is 18.8. The molecule has 138 valence electrons. The topological polar surface area (TPSA) is 62.5 Å². The molecule has 0 atom stereocenters. The zero-order valence-corrected chi connectivity index (χ0v) is 15.3. The highest BCUT2D eigenvalue weighted by Gasteiger charge is 2.26. The van der Waals surface area contributed by atoms with Crippen LogP contribution in [0.15, 0.2) is 54.7 Å². The molecule has 0 aliphatic carbocycles. The van der Waals surface area contributed by atoms with Crippen LogP contribution < -0.4 is 4.90 Å². The van der Waals surface area contributed by atoms with Crippen LogP contribution in [0.4, 0.5) is 11.4 Å². The number of anilines is 1. The summed E-state index contributed by atoms with van der Waals surface area (Å²) < 4.78 is 0. The van der Waals surface area contributed by atoms with Crippen molar-refractivity contribution in [3.05, 3.63) is 76.0 Å². The standard InChI is InChI=1S/C21H22N4O2/c1-16-4-2-5-17(14-16)15-23-10-12-24(13-11-23)20-8-7-19-18(6-3-9-22-19)21(20)25(26)27/h2-9,14H,10-13,15H2,1H3. The van der Waals surface area contributed by atoms with Crippen molar-refractivity contribution in [3.8, 4) is 0 Å². The molecular formula is C21H22N4O2. The predicted molar refractivity (Wildman–Crippen MR) is 107 cm³/mol. The Morgan fingerprint density at radius 2 is 1.89 bits per heavy atom. The van der Waals surface area contributed by atoms with E-state index in [1.54, 1.807) is 18.3 Å². The van der Waals surface area contributed by atoms with Crippen molar-refractivity contribution in [1.29, 1.82) is 0 Å². The van der Waals surface area contributed by atoms with E-state index in [-0.39, 0.29) is 10.6 Å². The Kier molecular flexibility index (Phi) is 4.73. The van der Waals surface area contributed by atoms with Gasteiger partial charge >= 0.3 is 5.69 Å². The molecule has 0 radical (unpaired) electrons. The van der Waals surface area contributed by atoms with Gasteiger partial charge in [0.15, 0.2) is 0 Å². The van der Waals surface area contributed by atoms with E-state index in [2.05, 4.69) is 46.0 Å². The fourth-order valence-corrected chi connectivity index (χ4v) is 3.79. The minimum Gasteiger partial charge on any atom is -0.363 e. The second-order valence-corrected chi connectivity index (χ2v) is 7.01. The second-order valence-electron chi connectivity index (χ2n) is 7.01. The smallest absolute Gasteiger partial charge is 0.301 e. The Bertz CT molecular complexity index is 981. The summed E-state index contributed by atoms with van der Waals surface area (Å²) in [7, 11) is 0. The number of nitrogens with zero attached hydrogens (tertiary/aromatic N) is 4. The molecule has 6 heteroatoms. The number of nitro groups is 1. The van der Waals surface area contributed by atoms with Crippen LogP contribution in [-0.2, 0) is 6.54 Å². The van der Waals surface area contributed by atoms with Crippen LogP contribution in [0.25, 0.3) is 10.9 Å². The first-order valence-corrected chi connectivity index (χ1v) is 9.17. The van der Waals surface area contributed by atoms with Crippen molar-refractivity contribution in [2.45, 2.75) is 13.5 Å². The highest BCUT2D eigenvalue weighted by molar-refractivity contribution is 5.94. The predicted octanol–water partition coefficient (Wildman–Crippen LogP) is 3.77. The van der Waals surface area contributed by atoms with E-state index in [1.165, 1.54) is 11.1 Å². The number of aryl methyl sites for hydroxylation is 1. The van der Waals surface area contributed by atoms with Crippen molar-refractivity contribution in [2.24, 2.45) is 0 Å². The second kappa shape index (κ2) is 7.32. The first-order valence-electron chi connectivity index (χ1n) is 9.17. The third-order valence-electron chi connectivity index (χ3n) is 5.12. The van der Waals surface area contributed by atoms with Crippen LogP contribution in [0.2, 0.25) is 0 Å². The highest BCUT2D eigenvalue weighted by atomic mass is 16.6. The Labute approximate surface area is 158 Å². The van der Waals surface area contributed by atoms with Crippen LogP contribution in [-0.4, -0.2) is 41.0 Å². The fraction of sp³-hybridized carbons (Fsp3) is 0.286. The highest BCUT2D eigenvalue weighted by Crippen LogP contribution is 2.35. The van der Waals surface area contributed by atoms with Crippen molar-refractivity contribution >= 4 is 22.3 Å². The van der Waals surface area contributed by atoms with Crippen LogP contribution in [0.5, 0.6) is 0 Å². The molecule has 1 aliphatic heterocycles. The van der Waals surface area contributed by atoms with E-state index < -0.39 is 0 Å². The minimum atomic E-state index is -0.279. The van der Waals surface area contributed by atoms with E-state index in [1.807, 2.05) is 12.1 Å². The van der Waals surface area contributed by atoms with Gasteiger partial charge < -0.3 is 4.90 Å². The van der Waals surface area contributed by atoms with Gasteiger partial charge in [-0.05, 0) is 36.8 Å². The van der Waals surface area contributed by atoms with Gasteiger partial charge in [0.1, 0.15) is 5.69 Å². The molecule has 2 heterocycles. The number of benzene rings is 2. The molecular weight excluding hydrogens is 340 g/mol. The first kappa shape index (κ1) is 17.4. The van der Waals surface area contributed by atoms with E-state index in [0.29, 0.717) is 16.6 Å². The molecule has 3 aromatic rings. The van der Waals surface area contributed by atoms with Gasteiger partial charge in [-0.15, -0.1) is 0 Å². The average Bonchev–Trinajstić information content (AvgIpc) is 2.67. The number of pyridine rings is 1. The van der Waals surface area contributed by atoms with Gasteiger partial charge in [0.05, 0.1) is 15.8 Å². The van der Waals surface area contributed by atoms with Crippen molar-refractivity contribution in [3.63, 3.8) is 0 Å². The number of fused-ring (bicyclic) bond motifs is 1. The Balaban J connectivity index is 1.53.